The van der Waals surface area contributed by atoms with E-state index in [0.717, 1.165) is 13.1 Å². The maximum Gasteiger partial charge on any atom is 0.184 e. The minimum atomic E-state index is 0.306. The van der Waals surface area contributed by atoms with Gasteiger partial charge in [0.2, 0.25) is 0 Å². The molecule has 1 heterocycles. The van der Waals surface area contributed by atoms with Crippen LogP contribution in [0.3, 0.4) is 0 Å². The van der Waals surface area contributed by atoms with E-state index in [1.54, 1.807) is 0 Å². The van der Waals surface area contributed by atoms with Crippen LogP contribution < -0.4 is 0 Å². The molecule has 0 unspecified atom stereocenters. The standard InChI is InChI=1S/C5H8NO/c1-2-5(7)6-3-4-6/h2,7H,1,3-4H2. The molecule has 0 bridgehead atoms. The lowest BCUT2D eigenvalue weighted by Gasteiger charge is -1.98. The summed E-state index contributed by atoms with van der Waals surface area (Å²) in [6, 6.07) is 0. The molecule has 0 spiro atoms. The number of nitrogens with zero attached hydrogens (tertiary/aromatic N) is 1. The van der Waals surface area contributed by atoms with Gasteiger partial charge in [-0.1, -0.05) is 6.58 Å². The summed E-state index contributed by atoms with van der Waals surface area (Å²) in [5, 5.41) is 8.72. The highest BCUT2D eigenvalue weighted by atomic mass is 16.3. The van der Waals surface area contributed by atoms with Crippen molar-refractivity contribution >= 4 is 0 Å². The van der Waals surface area contributed by atoms with Gasteiger partial charge in [-0.15, -0.1) is 0 Å². The molecular weight excluding hydrogens is 90.1 g/mol. The predicted octanol–water partition coefficient (Wildman–Crippen LogP) is 0.350. The summed E-state index contributed by atoms with van der Waals surface area (Å²) in [6.45, 7) is 5.36. The quantitative estimate of drug-likeness (QED) is 0.504. The highest BCUT2D eigenvalue weighted by Gasteiger charge is 2.23. The molecule has 0 atom stereocenters. The van der Waals surface area contributed by atoms with E-state index in [1.807, 2.05) is 4.90 Å². The summed E-state index contributed by atoms with van der Waals surface area (Å²) >= 11 is 0. The van der Waals surface area contributed by atoms with E-state index in [2.05, 4.69) is 6.58 Å². The van der Waals surface area contributed by atoms with Crippen molar-refractivity contribution in [2.24, 2.45) is 0 Å². The van der Waals surface area contributed by atoms with Crippen LogP contribution >= 0.6 is 0 Å². The molecule has 1 N–H and O–H groups in total. The second-order valence-electron chi connectivity index (χ2n) is 1.55. The van der Waals surface area contributed by atoms with Crippen LogP contribution in [0, 0.1) is 6.23 Å². The maximum absolute atomic E-state index is 8.72. The van der Waals surface area contributed by atoms with Crippen molar-refractivity contribution in [3.63, 3.8) is 0 Å². The highest BCUT2D eigenvalue weighted by Crippen LogP contribution is 2.13. The number of aliphatic hydroxyl groups is 1. The van der Waals surface area contributed by atoms with E-state index in [4.69, 9.17) is 5.11 Å². The Balaban J connectivity index is 2.22. The zero-order chi connectivity index (χ0) is 5.28. The Hall–Kier alpha value is -0.340. The monoisotopic (exact) mass is 98.1 g/mol. The van der Waals surface area contributed by atoms with Gasteiger partial charge < -0.3 is 5.11 Å². The number of hydrogen-bond donors (Lipinski definition) is 1. The van der Waals surface area contributed by atoms with Gasteiger partial charge in [0.25, 0.3) is 0 Å². The van der Waals surface area contributed by atoms with Crippen LogP contribution in [-0.2, 0) is 0 Å². The lowest BCUT2D eigenvalue weighted by atomic mass is 10.6. The van der Waals surface area contributed by atoms with Crippen LogP contribution in [0.2, 0.25) is 0 Å². The molecule has 1 saturated heterocycles. The topological polar surface area (TPSA) is 23.2 Å². The molecule has 2 nitrogen and oxygen atoms in total. The lowest BCUT2D eigenvalue weighted by molar-refractivity contribution is 0.240. The Morgan fingerprint density at radius 2 is 2.29 bits per heavy atom. The molecule has 0 amide bonds. The molecule has 0 aromatic heterocycles. The van der Waals surface area contributed by atoms with E-state index < -0.39 is 0 Å². The normalized spacial score (nSPS) is 20.3. The van der Waals surface area contributed by atoms with Crippen molar-refractivity contribution in [3.05, 3.63) is 18.9 Å². The van der Waals surface area contributed by atoms with Crippen LogP contribution in [0.25, 0.3) is 0 Å². The Morgan fingerprint density at radius 3 is 2.43 bits per heavy atom. The van der Waals surface area contributed by atoms with Gasteiger partial charge in [0.15, 0.2) is 6.23 Å². The zero-order valence-electron chi connectivity index (χ0n) is 4.09. The van der Waals surface area contributed by atoms with Gasteiger partial charge in [-0.2, -0.15) is 0 Å². The second-order valence-corrected chi connectivity index (χ2v) is 1.55. The average molecular weight is 98.1 g/mol. The first kappa shape index (κ1) is 4.81. The zero-order valence-corrected chi connectivity index (χ0v) is 4.09. The van der Waals surface area contributed by atoms with E-state index in [0.29, 0.717) is 6.23 Å². The molecule has 0 aromatic rings. The molecule has 2 heteroatoms. The number of rotatable bonds is 2. The van der Waals surface area contributed by atoms with Gasteiger partial charge in [-0.25, -0.2) is 0 Å². The Kier molecular flexibility index (Phi) is 1.13. The van der Waals surface area contributed by atoms with Crippen LogP contribution in [0.5, 0.6) is 0 Å². The summed E-state index contributed by atoms with van der Waals surface area (Å²) in [7, 11) is 0. The minimum Gasteiger partial charge on any atom is -0.368 e. The van der Waals surface area contributed by atoms with Crippen LogP contribution in [0.15, 0.2) is 12.7 Å². The first-order valence-electron chi connectivity index (χ1n) is 2.28. The van der Waals surface area contributed by atoms with Crippen molar-refractivity contribution in [1.29, 1.82) is 0 Å². The van der Waals surface area contributed by atoms with Crippen LogP contribution in [-0.4, -0.2) is 23.1 Å². The fraction of sp³-hybridized carbons (Fsp3) is 0.400. The predicted molar refractivity (Wildman–Crippen MR) is 26.9 cm³/mol. The van der Waals surface area contributed by atoms with Crippen molar-refractivity contribution in [2.45, 2.75) is 0 Å². The summed E-state index contributed by atoms with van der Waals surface area (Å²) in [6.07, 6.45) is 1.76. The summed E-state index contributed by atoms with van der Waals surface area (Å²) in [5.41, 5.74) is 0. The fourth-order valence-corrected chi connectivity index (χ4v) is 0.408. The smallest absolute Gasteiger partial charge is 0.184 e. The Bertz CT molecular complexity index is 78.1. The first-order chi connectivity index (χ1) is 3.34. The van der Waals surface area contributed by atoms with Gasteiger partial charge >= 0.3 is 0 Å². The molecule has 0 aromatic carbocycles. The molecule has 1 aliphatic heterocycles. The van der Waals surface area contributed by atoms with Gasteiger partial charge in [0.05, 0.1) is 0 Å². The molecule has 39 valence electrons. The third-order valence-corrected chi connectivity index (χ3v) is 0.954. The third kappa shape index (κ3) is 1.01. The van der Waals surface area contributed by atoms with Gasteiger partial charge in [-0.05, 0) is 6.08 Å². The Labute approximate surface area is 43.1 Å². The largest absolute Gasteiger partial charge is 0.368 e. The van der Waals surface area contributed by atoms with Crippen molar-refractivity contribution in [3.8, 4) is 0 Å². The molecule has 1 rings (SSSR count). The summed E-state index contributed by atoms with van der Waals surface area (Å²) in [4.78, 5) is 1.83. The average Bonchev–Trinajstić information content (AvgIpc) is 2.44. The van der Waals surface area contributed by atoms with E-state index >= 15 is 0 Å². The molecule has 1 radical (unpaired) electrons. The number of aliphatic hydroxyl groups excluding tert-OH is 1. The molecule has 7 heavy (non-hydrogen) atoms. The van der Waals surface area contributed by atoms with Gasteiger partial charge in [0.1, 0.15) is 0 Å². The minimum absolute atomic E-state index is 0.306. The molecular formula is C5H8NO. The molecule has 1 aliphatic rings. The second kappa shape index (κ2) is 1.64. The van der Waals surface area contributed by atoms with Crippen LogP contribution in [0.1, 0.15) is 0 Å². The molecule has 1 fully saturated rings. The SMILES string of the molecule is C=C[C](O)N1CC1. The summed E-state index contributed by atoms with van der Waals surface area (Å²) < 4.78 is 0. The van der Waals surface area contributed by atoms with Crippen LogP contribution in [0.4, 0.5) is 0 Å². The van der Waals surface area contributed by atoms with E-state index in [-0.39, 0.29) is 0 Å². The van der Waals surface area contributed by atoms with E-state index in [1.165, 1.54) is 6.08 Å². The van der Waals surface area contributed by atoms with Crippen molar-refractivity contribution in [2.75, 3.05) is 13.1 Å². The number of hydrogen-bond acceptors (Lipinski definition) is 2. The lowest BCUT2D eigenvalue weighted by Crippen LogP contribution is -2.02. The van der Waals surface area contributed by atoms with Gasteiger partial charge in [-0.3, -0.25) is 4.90 Å². The molecule has 0 aliphatic carbocycles. The first-order valence-corrected chi connectivity index (χ1v) is 2.28. The van der Waals surface area contributed by atoms with Crippen molar-refractivity contribution < 1.29 is 5.11 Å². The maximum atomic E-state index is 8.72. The Morgan fingerprint density at radius 1 is 1.71 bits per heavy atom. The van der Waals surface area contributed by atoms with E-state index in [9.17, 15) is 0 Å². The van der Waals surface area contributed by atoms with Gasteiger partial charge in [0, 0.05) is 13.1 Å². The third-order valence-electron chi connectivity index (χ3n) is 0.954. The summed E-state index contributed by atoms with van der Waals surface area (Å²) in [5.74, 6) is 0. The highest BCUT2D eigenvalue weighted by molar-refractivity contribution is 5.00. The van der Waals surface area contributed by atoms with Crippen molar-refractivity contribution in [1.82, 2.24) is 4.90 Å². The fourth-order valence-electron chi connectivity index (χ4n) is 0.408. The molecule has 0 saturated carbocycles.